The molecule has 2 unspecified atom stereocenters. The monoisotopic (exact) mass is 461 g/mol. The van der Waals surface area contributed by atoms with Crippen LogP contribution < -0.4 is 14.8 Å². The maximum Gasteiger partial charge on any atom is 0.355 e. The van der Waals surface area contributed by atoms with Crippen molar-refractivity contribution in [3.63, 3.8) is 0 Å². The van der Waals surface area contributed by atoms with Crippen molar-refractivity contribution >= 4 is 34.3 Å². The van der Waals surface area contributed by atoms with E-state index in [2.05, 4.69) is 10.3 Å². The molecule has 170 valence electrons. The first-order valence-electron chi connectivity index (χ1n) is 10.2. The van der Waals surface area contributed by atoms with Crippen LogP contribution in [0.5, 0.6) is 11.5 Å². The summed E-state index contributed by atoms with van der Waals surface area (Å²) in [5.41, 5.74) is 0.782. The number of carboxylic acid groups (broad SMARTS) is 1. The fourth-order valence-corrected chi connectivity index (χ4v) is 4.43. The molecule has 1 aromatic heterocycles. The van der Waals surface area contributed by atoms with E-state index >= 15 is 0 Å². The Morgan fingerprint density at radius 1 is 1.38 bits per heavy atom. The van der Waals surface area contributed by atoms with Crippen LogP contribution in [-0.2, 0) is 14.3 Å². The number of nitrogens with zero attached hydrogens (tertiary/aromatic N) is 2. The van der Waals surface area contributed by atoms with Gasteiger partial charge in [0.25, 0.3) is 0 Å². The Kier molecular flexibility index (Phi) is 6.56. The van der Waals surface area contributed by atoms with Gasteiger partial charge in [-0.05, 0) is 24.1 Å². The second-order valence-electron chi connectivity index (χ2n) is 7.54. The number of ether oxygens (including phenoxy) is 3. The zero-order valence-corrected chi connectivity index (χ0v) is 18.2. The van der Waals surface area contributed by atoms with Crippen molar-refractivity contribution < 1.29 is 33.7 Å². The van der Waals surface area contributed by atoms with Gasteiger partial charge in [0.05, 0.1) is 20.3 Å². The van der Waals surface area contributed by atoms with Gasteiger partial charge in [-0.1, -0.05) is 6.07 Å². The molecule has 2 aliphatic heterocycles. The lowest BCUT2D eigenvalue weighted by atomic mass is 9.98. The van der Waals surface area contributed by atoms with E-state index in [1.807, 2.05) is 18.2 Å². The second kappa shape index (κ2) is 9.53. The molecule has 32 heavy (non-hydrogen) atoms. The molecule has 0 aliphatic carbocycles. The summed E-state index contributed by atoms with van der Waals surface area (Å²) < 4.78 is 16.9. The number of hydrogen-bond acceptors (Lipinski definition) is 8. The molecule has 2 N–H and O–H groups in total. The summed E-state index contributed by atoms with van der Waals surface area (Å²) in [6, 6.07) is 5.57. The Hall–Kier alpha value is -3.18. The van der Waals surface area contributed by atoms with Crippen LogP contribution in [0.25, 0.3) is 0 Å². The van der Waals surface area contributed by atoms with Crippen LogP contribution in [0.1, 0.15) is 41.2 Å². The normalized spacial score (nSPS) is 20.4. The lowest BCUT2D eigenvalue weighted by molar-refractivity contribution is -0.131. The summed E-state index contributed by atoms with van der Waals surface area (Å²) in [4.78, 5) is 41.0. The quantitative estimate of drug-likeness (QED) is 0.613. The molecule has 0 radical (unpaired) electrons. The van der Waals surface area contributed by atoms with Gasteiger partial charge in [-0.25, -0.2) is 9.78 Å². The third-order valence-electron chi connectivity index (χ3n) is 5.32. The standard InChI is InChI=1S/C21H23N3O7S/c1-29-15-5-4-12(7-16(15)31-19-3-2-6-30-19)13-8-18(26)24(9-13)10-17(25)23-21-22-14(11-32-21)20(27)28/h4-5,7,11,13,19H,2-3,6,8-10H2,1H3,(H,27,28)(H,22,23,25). The molecule has 2 aromatic rings. The fourth-order valence-electron chi connectivity index (χ4n) is 3.73. The van der Waals surface area contributed by atoms with Crippen molar-refractivity contribution in [2.45, 2.75) is 31.5 Å². The fraction of sp³-hybridized carbons (Fsp3) is 0.429. The molecule has 11 heteroatoms. The number of methoxy groups -OCH3 is 1. The average Bonchev–Trinajstić information content (AvgIpc) is 3.51. The van der Waals surface area contributed by atoms with E-state index in [9.17, 15) is 14.4 Å². The third-order valence-corrected chi connectivity index (χ3v) is 6.08. The van der Waals surface area contributed by atoms with E-state index in [4.69, 9.17) is 19.3 Å². The maximum atomic E-state index is 12.5. The van der Waals surface area contributed by atoms with Crippen molar-refractivity contribution in [3.8, 4) is 11.5 Å². The number of aromatic carboxylic acids is 1. The molecule has 2 amide bonds. The van der Waals surface area contributed by atoms with E-state index in [0.29, 0.717) is 24.7 Å². The molecule has 2 saturated heterocycles. The Balaban J connectivity index is 1.39. The van der Waals surface area contributed by atoms with Gasteiger partial charge in [0.2, 0.25) is 11.8 Å². The number of nitrogens with one attached hydrogen (secondary N) is 1. The second-order valence-corrected chi connectivity index (χ2v) is 8.40. The number of rotatable bonds is 8. The Morgan fingerprint density at radius 3 is 2.91 bits per heavy atom. The van der Waals surface area contributed by atoms with Gasteiger partial charge in [0.15, 0.2) is 28.6 Å². The molecule has 0 saturated carbocycles. The predicted octanol–water partition coefficient (Wildman–Crippen LogP) is 2.32. The summed E-state index contributed by atoms with van der Waals surface area (Å²) >= 11 is 1.02. The largest absolute Gasteiger partial charge is 0.493 e. The molecule has 2 atom stereocenters. The molecule has 1 aromatic carbocycles. The van der Waals surface area contributed by atoms with Crippen LogP contribution in [0.3, 0.4) is 0 Å². The van der Waals surface area contributed by atoms with Gasteiger partial charge in [-0.15, -0.1) is 11.3 Å². The van der Waals surface area contributed by atoms with Crippen molar-refractivity contribution in [2.24, 2.45) is 0 Å². The SMILES string of the molecule is COc1ccc(C2CC(=O)N(CC(=O)Nc3nc(C(=O)O)cs3)C2)cc1OC1CCCO1. The highest BCUT2D eigenvalue weighted by atomic mass is 32.1. The van der Waals surface area contributed by atoms with Gasteiger partial charge in [-0.3, -0.25) is 9.59 Å². The molecule has 0 spiro atoms. The van der Waals surface area contributed by atoms with Crippen LogP contribution in [0.4, 0.5) is 5.13 Å². The number of carbonyl (C=O) groups is 3. The molecule has 0 bridgehead atoms. The number of aromatic nitrogens is 1. The zero-order valence-electron chi connectivity index (χ0n) is 17.4. The summed E-state index contributed by atoms with van der Waals surface area (Å²) in [6.07, 6.45) is 1.72. The number of hydrogen-bond donors (Lipinski definition) is 2. The zero-order chi connectivity index (χ0) is 22.7. The topological polar surface area (TPSA) is 127 Å². The molecule has 4 rings (SSSR count). The Labute approximate surface area is 188 Å². The van der Waals surface area contributed by atoms with E-state index in [0.717, 1.165) is 29.7 Å². The first-order chi connectivity index (χ1) is 15.4. The minimum absolute atomic E-state index is 0.0912. The van der Waals surface area contributed by atoms with Gasteiger partial charge in [0, 0.05) is 30.7 Å². The number of carbonyl (C=O) groups excluding carboxylic acids is 2. The van der Waals surface area contributed by atoms with Crippen LogP contribution in [0.2, 0.25) is 0 Å². The van der Waals surface area contributed by atoms with Crippen molar-refractivity contribution in [3.05, 3.63) is 34.8 Å². The minimum atomic E-state index is -1.17. The van der Waals surface area contributed by atoms with Gasteiger partial charge in [-0.2, -0.15) is 0 Å². The Bertz CT molecular complexity index is 1020. The van der Waals surface area contributed by atoms with E-state index in [-0.39, 0.29) is 41.9 Å². The van der Waals surface area contributed by atoms with Gasteiger partial charge in [0.1, 0.15) is 0 Å². The van der Waals surface area contributed by atoms with Crippen LogP contribution >= 0.6 is 11.3 Å². The van der Waals surface area contributed by atoms with Crippen LogP contribution in [0, 0.1) is 0 Å². The molecule has 2 fully saturated rings. The molecular formula is C21H23N3O7S. The number of likely N-dealkylation sites (tertiary alicyclic amines) is 1. The Morgan fingerprint density at radius 2 is 2.22 bits per heavy atom. The van der Waals surface area contributed by atoms with Gasteiger partial charge < -0.3 is 29.5 Å². The van der Waals surface area contributed by atoms with E-state index in [1.54, 1.807) is 7.11 Å². The first-order valence-corrected chi connectivity index (χ1v) is 11.0. The van der Waals surface area contributed by atoms with Crippen molar-refractivity contribution in [2.75, 3.05) is 32.1 Å². The maximum absolute atomic E-state index is 12.5. The highest BCUT2D eigenvalue weighted by Crippen LogP contribution is 2.36. The number of carboxylic acids is 1. The number of benzene rings is 1. The van der Waals surface area contributed by atoms with Crippen LogP contribution in [-0.4, -0.2) is 65.9 Å². The number of anilines is 1. The smallest absolute Gasteiger partial charge is 0.355 e. The number of thiazole rings is 1. The van der Waals surface area contributed by atoms with Crippen molar-refractivity contribution in [1.29, 1.82) is 0 Å². The molecule has 10 nitrogen and oxygen atoms in total. The predicted molar refractivity (Wildman–Crippen MR) is 114 cm³/mol. The van der Waals surface area contributed by atoms with E-state index in [1.165, 1.54) is 10.3 Å². The minimum Gasteiger partial charge on any atom is -0.493 e. The van der Waals surface area contributed by atoms with E-state index < -0.39 is 11.9 Å². The lowest BCUT2D eigenvalue weighted by Crippen LogP contribution is -2.34. The first kappa shape index (κ1) is 22.0. The molecule has 2 aliphatic rings. The summed E-state index contributed by atoms with van der Waals surface area (Å²) in [6.45, 7) is 0.919. The third kappa shape index (κ3) is 5.00. The van der Waals surface area contributed by atoms with Crippen molar-refractivity contribution in [1.82, 2.24) is 9.88 Å². The highest BCUT2D eigenvalue weighted by Gasteiger charge is 2.32. The van der Waals surface area contributed by atoms with Crippen LogP contribution in [0.15, 0.2) is 23.6 Å². The summed E-state index contributed by atoms with van der Waals surface area (Å²) in [7, 11) is 1.57. The number of amides is 2. The molecule has 3 heterocycles. The van der Waals surface area contributed by atoms with Gasteiger partial charge >= 0.3 is 5.97 Å². The average molecular weight is 461 g/mol. The summed E-state index contributed by atoms with van der Waals surface area (Å²) in [5.74, 6) is -0.656. The highest BCUT2D eigenvalue weighted by molar-refractivity contribution is 7.14. The molecular weight excluding hydrogens is 438 g/mol. The lowest BCUT2D eigenvalue weighted by Gasteiger charge is -2.19. The summed E-state index contributed by atoms with van der Waals surface area (Å²) in [5, 5.41) is 13.0.